The molecule has 2 N–H and O–H groups in total. The summed E-state index contributed by atoms with van der Waals surface area (Å²) >= 11 is 0. The van der Waals surface area contributed by atoms with Crippen LogP contribution in [0.2, 0.25) is 0 Å². The number of carboxylic acids is 1. The second kappa shape index (κ2) is 7.72. The molecule has 0 radical (unpaired) electrons. The van der Waals surface area contributed by atoms with Crippen LogP contribution in [0.3, 0.4) is 0 Å². The second-order valence-electron chi connectivity index (χ2n) is 4.87. The molecule has 0 aromatic heterocycles. The molecule has 1 fully saturated rings. The Labute approximate surface area is 118 Å². The van der Waals surface area contributed by atoms with Gasteiger partial charge in [0.2, 0.25) is 5.91 Å². The number of rotatable bonds is 6. The Morgan fingerprint density at radius 3 is 2.45 bits per heavy atom. The van der Waals surface area contributed by atoms with Crippen molar-refractivity contribution in [2.75, 3.05) is 26.2 Å². The van der Waals surface area contributed by atoms with Crippen molar-refractivity contribution in [3.63, 3.8) is 0 Å². The minimum absolute atomic E-state index is 0.241. The Hall–Kier alpha value is -1.79. The number of amides is 3. The Bertz CT molecular complexity index is 367. The average molecular weight is 285 g/mol. The highest BCUT2D eigenvalue weighted by Crippen LogP contribution is 2.13. The van der Waals surface area contributed by atoms with E-state index in [0.717, 1.165) is 12.8 Å². The number of hydrogen-bond acceptors (Lipinski definition) is 3. The van der Waals surface area contributed by atoms with Gasteiger partial charge in [-0.05, 0) is 12.8 Å². The Morgan fingerprint density at radius 1 is 1.35 bits per heavy atom. The normalized spacial score (nSPS) is 18.6. The predicted molar refractivity (Wildman–Crippen MR) is 73.3 cm³/mol. The SMILES string of the molecule is CCCN(CCC)C(=O)N1CCNC(=O)C1CC(=O)O. The van der Waals surface area contributed by atoms with E-state index in [1.54, 1.807) is 4.90 Å². The second-order valence-corrected chi connectivity index (χ2v) is 4.87. The molecule has 1 aliphatic heterocycles. The van der Waals surface area contributed by atoms with E-state index < -0.39 is 12.0 Å². The van der Waals surface area contributed by atoms with Gasteiger partial charge in [-0.1, -0.05) is 13.8 Å². The molecule has 20 heavy (non-hydrogen) atoms. The standard InChI is InChI=1S/C13H23N3O4/c1-3-6-15(7-4-2)13(20)16-8-5-14-12(19)10(16)9-11(17)18/h10H,3-9H2,1-2H3,(H,14,19)(H,17,18). The third-order valence-corrected chi connectivity index (χ3v) is 3.20. The molecule has 0 spiro atoms. The molecule has 0 aromatic carbocycles. The average Bonchev–Trinajstić information content (AvgIpc) is 2.39. The van der Waals surface area contributed by atoms with Crippen LogP contribution in [-0.4, -0.2) is 65.0 Å². The lowest BCUT2D eigenvalue weighted by atomic mass is 10.1. The Kier molecular flexibility index (Phi) is 6.27. The molecule has 1 atom stereocenters. The first-order valence-corrected chi connectivity index (χ1v) is 7.06. The molecule has 1 heterocycles. The van der Waals surface area contributed by atoms with Gasteiger partial charge in [0, 0.05) is 26.2 Å². The van der Waals surface area contributed by atoms with Crippen LogP contribution >= 0.6 is 0 Å². The molecule has 7 heteroatoms. The number of aliphatic carboxylic acids is 1. The van der Waals surface area contributed by atoms with E-state index >= 15 is 0 Å². The fourth-order valence-electron chi connectivity index (χ4n) is 2.34. The molecule has 114 valence electrons. The van der Waals surface area contributed by atoms with Crippen LogP contribution in [0, 0.1) is 0 Å². The maximum atomic E-state index is 12.5. The summed E-state index contributed by atoms with van der Waals surface area (Å²) in [6.07, 6.45) is 1.30. The largest absolute Gasteiger partial charge is 0.481 e. The van der Waals surface area contributed by atoms with Crippen molar-refractivity contribution >= 4 is 17.9 Å². The molecule has 1 saturated heterocycles. The van der Waals surface area contributed by atoms with Crippen molar-refractivity contribution in [2.45, 2.75) is 39.2 Å². The van der Waals surface area contributed by atoms with Crippen LogP contribution in [0.25, 0.3) is 0 Å². The minimum atomic E-state index is -1.08. The van der Waals surface area contributed by atoms with Crippen molar-refractivity contribution in [3.8, 4) is 0 Å². The van der Waals surface area contributed by atoms with Crippen molar-refractivity contribution < 1.29 is 19.5 Å². The number of nitrogens with one attached hydrogen (secondary N) is 1. The number of carboxylic acid groups (broad SMARTS) is 1. The summed E-state index contributed by atoms with van der Waals surface area (Å²) in [5.74, 6) is -1.47. The van der Waals surface area contributed by atoms with Crippen molar-refractivity contribution in [3.05, 3.63) is 0 Å². The summed E-state index contributed by atoms with van der Waals surface area (Å²) < 4.78 is 0. The topological polar surface area (TPSA) is 90.0 Å². The summed E-state index contributed by atoms with van der Waals surface area (Å²) in [6.45, 7) is 5.91. The smallest absolute Gasteiger partial charge is 0.320 e. The third kappa shape index (κ3) is 4.11. The van der Waals surface area contributed by atoms with Gasteiger partial charge in [0.15, 0.2) is 0 Å². The van der Waals surface area contributed by atoms with Crippen LogP contribution < -0.4 is 5.32 Å². The van der Waals surface area contributed by atoms with Gasteiger partial charge < -0.3 is 20.2 Å². The van der Waals surface area contributed by atoms with Crippen molar-refractivity contribution in [2.24, 2.45) is 0 Å². The maximum Gasteiger partial charge on any atom is 0.320 e. The van der Waals surface area contributed by atoms with E-state index in [9.17, 15) is 14.4 Å². The molecule has 7 nitrogen and oxygen atoms in total. The van der Waals surface area contributed by atoms with Crippen LogP contribution in [0.4, 0.5) is 4.79 Å². The number of hydrogen-bond donors (Lipinski definition) is 2. The van der Waals surface area contributed by atoms with Gasteiger partial charge in [-0.25, -0.2) is 4.79 Å². The fraction of sp³-hybridized carbons (Fsp3) is 0.769. The highest BCUT2D eigenvalue weighted by molar-refractivity contribution is 5.91. The lowest BCUT2D eigenvalue weighted by Crippen LogP contribution is -2.60. The third-order valence-electron chi connectivity index (χ3n) is 3.20. The van der Waals surface area contributed by atoms with Gasteiger partial charge in [0.05, 0.1) is 6.42 Å². The molecule has 0 saturated carbocycles. The zero-order chi connectivity index (χ0) is 15.1. The van der Waals surface area contributed by atoms with E-state index in [1.807, 2.05) is 13.8 Å². The Morgan fingerprint density at radius 2 is 1.95 bits per heavy atom. The number of carbonyl (C=O) groups is 3. The number of piperazine rings is 1. The van der Waals surface area contributed by atoms with Gasteiger partial charge in [0.25, 0.3) is 0 Å². The lowest BCUT2D eigenvalue weighted by molar-refractivity contribution is -0.142. The maximum absolute atomic E-state index is 12.5. The molecule has 1 aliphatic rings. The summed E-state index contributed by atoms with van der Waals surface area (Å²) in [6, 6.07) is -1.15. The molecule has 0 bridgehead atoms. The van der Waals surface area contributed by atoms with Gasteiger partial charge in [-0.15, -0.1) is 0 Å². The van der Waals surface area contributed by atoms with E-state index in [2.05, 4.69) is 5.32 Å². The molecule has 3 amide bonds. The summed E-state index contributed by atoms with van der Waals surface area (Å²) in [7, 11) is 0. The fourth-order valence-corrected chi connectivity index (χ4v) is 2.34. The first-order chi connectivity index (χ1) is 9.51. The molecular formula is C13H23N3O4. The van der Waals surface area contributed by atoms with Gasteiger partial charge in [-0.3, -0.25) is 9.59 Å². The van der Waals surface area contributed by atoms with Crippen LogP contribution in [0.1, 0.15) is 33.1 Å². The first kappa shape index (κ1) is 16.3. The first-order valence-electron chi connectivity index (χ1n) is 7.06. The van der Waals surface area contributed by atoms with Crippen molar-refractivity contribution in [1.29, 1.82) is 0 Å². The monoisotopic (exact) mass is 285 g/mol. The quantitative estimate of drug-likeness (QED) is 0.743. The number of urea groups is 1. The van der Waals surface area contributed by atoms with E-state index in [4.69, 9.17) is 5.11 Å². The zero-order valence-corrected chi connectivity index (χ0v) is 12.1. The highest BCUT2D eigenvalue weighted by Gasteiger charge is 2.36. The van der Waals surface area contributed by atoms with E-state index in [0.29, 0.717) is 26.2 Å². The minimum Gasteiger partial charge on any atom is -0.481 e. The van der Waals surface area contributed by atoms with Crippen LogP contribution in [0.5, 0.6) is 0 Å². The van der Waals surface area contributed by atoms with E-state index in [-0.39, 0.29) is 18.4 Å². The predicted octanol–water partition coefficient (Wildman–Crippen LogP) is 0.504. The molecule has 0 aromatic rings. The summed E-state index contributed by atoms with van der Waals surface area (Å²) in [5, 5.41) is 11.5. The summed E-state index contributed by atoms with van der Waals surface area (Å²) in [5.41, 5.74) is 0. The summed E-state index contributed by atoms with van der Waals surface area (Å²) in [4.78, 5) is 38.2. The molecule has 1 unspecified atom stereocenters. The highest BCUT2D eigenvalue weighted by atomic mass is 16.4. The zero-order valence-electron chi connectivity index (χ0n) is 12.1. The molecule has 0 aliphatic carbocycles. The van der Waals surface area contributed by atoms with Crippen LogP contribution in [-0.2, 0) is 9.59 Å². The van der Waals surface area contributed by atoms with Crippen molar-refractivity contribution in [1.82, 2.24) is 15.1 Å². The van der Waals surface area contributed by atoms with Gasteiger partial charge in [-0.2, -0.15) is 0 Å². The molecular weight excluding hydrogens is 262 g/mol. The number of nitrogens with zero attached hydrogens (tertiary/aromatic N) is 2. The van der Waals surface area contributed by atoms with Gasteiger partial charge >= 0.3 is 12.0 Å². The molecule has 1 rings (SSSR count). The van der Waals surface area contributed by atoms with Crippen LogP contribution in [0.15, 0.2) is 0 Å². The Balaban J connectivity index is 2.84. The van der Waals surface area contributed by atoms with Gasteiger partial charge in [0.1, 0.15) is 6.04 Å². The van der Waals surface area contributed by atoms with E-state index in [1.165, 1.54) is 4.90 Å². The number of carbonyl (C=O) groups excluding carboxylic acids is 2. The lowest BCUT2D eigenvalue weighted by Gasteiger charge is -2.37.